The van der Waals surface area contributed by atoms with Crippen LogP contribution in [0.25, 0.3) is 0 Å². The van der Waals surface area contributed by atoms with Crippen molar-refractivity contribution in [3.63, 3.8) is 0 Å². The molecule has 1 unspecified atom stereocenters. The summed E-state index contributed by atoms with van der Waals surface area (Å²) < 4.78 is 0. The van der Waals surface area contributed by atoms with Gasteiger partial charge in [-0.3, -0.25) is 4.79 Å². The van der Waals surface area contributed by atoms with Gasteiger partial charge in [-0.25, -0.2) is 4.79 Å². The molecule has 0 aromatic heterocycles. The Balaban J connectivity index is 2.08. The van der Waals surface area contributed by atoms with Crippen LogP contribution in [-0.4, -0.2) is 29.9 Å². The third kappa shape index (κ3) is 3.29. The van der Waals surface area contributed by atoms with Crippen LogP contribution < -0.4 is 10.6 Å². The Bertz CT molecular complexity index is 476. The van der Waals surface area contributed by atoms with Gasteiger partial charge in [-0.05, 0) is 24.5 Å². The first kappa shape index (κ1) is 14.4. The SMILES string of the molecule is CCCC(CCNC=O)N1Cc2ccccc2NC1=O. The Hall–Kier alpha value is -2.04. The molecule has 1 aliphatic rings. The minimum Gasteiger partial charge on any atom is -0.359 e. The van der Waals surface area contributed by atoms with E-state index in [1.165, 1.54) is 0 Å². The van der Waals surface area contributed by atoms with Crippen LogP contribution in [-0.2, 0) is 11.3 Å². The second kappa shape index (κ2) is 6.93. The number of nitrogens with zero attached hydrogens (tertiary/aromatic N) is 1. The minimum atomic E-state index is -0.0479. The number of nitrogens with one attached hydrogen (secondary N) is 2. The molecule has 1 heterocycles. The third-order valence-electron chi connectivity index (χ3n) is 3.63. The largest absolute Gasteiger partial charge is 0.359 e. The second-order valence-corrected chi connectivity index (χ2v) is 5.02. The zero-order valence-corrected chi connectivity index (χ0v) is 11.8. The Labute approximate surface area is 119 Å². The van der Waals surface area contributed by atoms with Gasteiger partial charge in [-0.1, -0.05) is 31.5 Å². The Morgan fingerprint density at radius 2 is 2.20 bits per heavy atom. The van der Waals surface area contributed by atoms with Gasteiger partial charge < -0.3 is 15.5 Å². The monoisotopic (exact) mass is 275 g/mol. The van der Waals surface area contributed by atoms with Gasteiger partial charge in [0.2, 0.25) is 6.41 Å². The number of hydrogen-bond acceptors (Lipinski definition) is 2. The highest BCUT2D eigenvalue weighted by Gasteiger charge is 2.27. The lowest BCUT2D eigenvalue weighted by molar-refractivity contribution is -0.109. The lowest BCUT2D eigenvalue weighted by atomic mass is 10.0. The van der Waals surface area contributed by atoms with Gasteiger partial charge in [-0.2, -0.15) is 0 Å². The number of carbonyl (C=O) groups is 2. The van der Waals surface area contributed by atoms with E-state index in [-0.39, 0.29) is 12.1 Å². The van der Waals surface area contributed by atoms with Crippen molar-refractivity contribution < 1.29 is 9.59 Å². The molecule has 2 N–H and O–H groups in total. The maximum Gasteiger partial charge on any atom is 0.322 e. The highest BCUT2D eigenvalue weighted by atomic mass is 16.2. The zero-order valence-electron chi connectivity index (χ0n) is 11.8. The standard InChI is InChI=1S/C15H21N3O2/c1-2-5-13(8-9-16-11-19)18-10-12-6-3-4-7-14(12)17-15(18)20/h3-4,6-7,11,13H,2,5,8-10H2,1H3,(H,16,19)(H,17,20). The molecule has 108 valence electrons. The van der Waals surface area contributed by atoms with Crippen LogP contribution in [0.5, 0.6) is 0 Å². The van der Waals surface area contributed by atoms with Crippen molar-refractivity contribution in [1.29, 1.82) is 0 Å². The summed E-state index contributed by atoms with van der Waals surface area (Å²) in [5.74, 6) is 0. The van der Waals surface area contributed by atoms with E-state index in [4.69, 9.17) is 0 Å². The van der Waals surface area contributed by atoms with E-state index in [0.717, 1.165) is 30.5 Å². The summed E-state index contributed by atoms with van der Waals surface area (Å²) in [6, 6.07) is 7.97. The molecule has 1 atom stereocenters. The van der Waals surface area contributed by atoms with Crippen molar-refractivity contribution in [2.75, 3.05) is 11.9 Å². The van der Waals surface area contributed by atoms with Crippen LogP contribution in [0.1, 0.15) is 31.7 Å². The van der Waals surface area contributed by atoms with Gasteiger partial charge in [0.25, 0.3) is 0 Å². The molecule has 0 bridgehead atoms. The maximum atomic E-state index is 12.2. The smallest absolute Gasteiger partial charge is 0.322 e. The number of para-hydroxylation sites is 1. The first-order valence-corrected chi connectivity index (χ1v) is 7.08. The fourth-order valence-electron chi connectivity index (χ4n) is 2.62. The molecule has 2 rings (SSSR count). The molecular weight excluding hydrogens is 254 g/mol. The summed E-state index contributed by atoms with van der Waals surface area (Å²) in [6.45, 7) is 3.34. The van der Waals surface area contributed by atoms with Gasteiger partial charge in [0.15, 0.2) is 0 Å². The van der Waals surface area contributed by atoms with Crippen molar-refractivity contribution in [2.45, 2.75) is 38.8 Å². The predicted octanol–water partition coefficient (Wildman–Crippen LogP) is 2.34. The first-order chi connectivity index (χ1) is 9.76. The van der Waals surface area contributed by atoms with E-state index < -0.39 is 0 Å². The number of carbonyl (C=O) groups excluding carboxylic acids is 2. The average molecular weight is 275 g/mol. The molecule has 1 aliphatic heterocycles. The third-order valence-corrected chi connectivity index (χ3v) is 3.63. The summed E-state index contributed by atoms with van der Waals surface area (Å²) >= 11 is 0. The quantitative estimate of drug-likeness (QED) is 0.592. The van der Waals surface area contributed by atoms with E-state index >= 15 is 0 Å². The fraction of sp³-hybridized carbons (Fsp3) is 0.467. The highest BCUT2D eigenvalue weighted by molar-refractivity contribution is 5.92. The number of urea groups is 1. The van der Waals surface area contributed by atoms with Gasteiger partial charge in [0.05, 0.1) is 0 Å². The molecule has 3 amide bonds. The van der Waals surface area contributed by atoms with E-state index in [1.807, 2.05) is 29.2 Å². The number of hydrogen-bond donors (Lipinski definition) is 2. The topological polar surface area (TPSA) is 61.4 Å². The van der Waals surface area contributed by atoms with Crippen LogP contribution in [0.2, 0.25) is 0 Å². The maximum absolute atomic E-state index is 12.2. The molecule has 1 aromatic carbocycles. The molecule has 1 aromatic rings. The summed E-state index contributed by atoms with van der Waals surface area (Å²) in [5, 5.41) is 5.61. The zero-order chi connectivity index (χ0) is 14.4. The van der Waals surface area contributed by atoms with Gasteiger partial charge in [0, 0.05) is 24.8 Å². The normalized spacial score (nSPS) is 15.2. The molecule has 5 heteroatoms. The number of anilines is 1. The lowest BCUT2D eigenvalue weighted by Crippen LogP contribution is -2.46. The van der Waals surface area contributed by atoms with Crippen molar-refractivity contribution in [3.8, 4) is 0 Å². The lowest BCUT2D eigenvalue weighted by Gasteiger charge is -2.36. The van der Waals surface area contributed by atoms with Crippen molar-refractivity contribution in [1.82, 2.24) is 10.2 Å². The van der Waals surface area contributed by atoms with E-state index in [0.29, 0.717) is 19.5 Å². The van der Waals surface area contributed by atoms with E-state index in [2.05, 4.69) is 17.6 Å². The first-order valence-electron chi connectivity index (χ1n) is 7.08. The van der Waals surface area contributed by atoms with E-state index in [9.17, 15) is 9.59 Å². The van der Waals surface area contributed by atoms with Gasteiger partial charge in [-0.15, -0.1) is 0 Å². The number of benzene rings is 1. The molecular formula is C15H21N3O2. The minimum absolute atomic E-state index is 0.0479. The van der Waals surface area contributed by atoms with Crippen LogP contribution in [0.4, 0.5) is 10.5 Å². The molecule has 5 nitrogen and oxygen atoms in total. The van der Waals surface area contributed by atoms with Gasteiger partial charge in [0.1, 0.15) is 0 Å². The summed E-state index contributed by atoms with van der Waals surface area (Å²) in [5.41, 5.74) is 2.03. The van der Waals surface area contributed by atoms with Crippen LogP contribution in [0.15, 0.2) is 24.3 Å². The number of fused-ring (bicyclic) bond motifs is 1. The Morgan fingerprint density at radius 3 is 2.95 bits per heavy atom. The second-order valence-electron chi connectivity index (χ2n) is 5.02. The van der Waals surface area contributed by atoms with Crippen LogP contribution in [0.3, 0.4) is 0 Å². The Morgan fingerprint density at radius 1 is 1.40 bits per heavy atom. The fourth-order valence-corrected chi connectivity index (χ4v) is 2.62. The molecule has 0 fully saturated rings. The van der Waals surface area contributed by atoms with Crippen molar-refractivity contribution in [3.05, 3.63) is 29.8 Å². The molecule has 0 radical (unpaired) electrons. The predicted molar refractivity (Wildman–Crippen MR) is 78.4 cm³/mol. The molecule has 20 heavy (non-hydrogen) atoms. The van der Waals surface area contributed by atoms with E-state index in [1.54, 1.807) is 0 Å². The summed E-state index contributed by atoms with van der Waals surface area (Å²) in [4.78, 5) is 24.4. The number of amides is 3. The molecule has 0 saturated heterocycles. The van der Waals surface area contributed by atoms with Crippen LogP contribution >= 0.6 is 0 Å². The average Bonchev–Trinajstić information content (AvgIpc) is 2.46. The highest BCUT2D eigenvalue weighted by Crippen LogP contribution is 2.26. The number of rotatable bonds is 7. The summed E-state index contributed by atoms with van der Waals surface area (Å²) in [6.07, 6.45) is 3.43. The van der Waals surface area contributed by atoms with Crippen molar-refractivity contribution >= 4 is 18.1 Å². The summed E-state index contributed by atoms with van der Waals surface area (Å²) in [7, 11) is 0. The molecule has 0 saturated carbocycles. The molecule has 0 aliphatic carbocycles. The Kier molecular flexibility index (Phi) is 4.98. The molecule has 0 spiro atoms. The van der Waals surface area contributed by atoms with Crippen molar-refractivity contribution in [2.24, 2.45) is 0 Å². The van der Waals surface area contributed by atoms with Crippen LogP contribution in [0, 0.1) is 0 Å². The van der Waals surface area contributed by atoms with Gasteiger partial charge >= 0.3 is 6.03 Å².